The molecule has 0 atom stereocenters. The van der Waals surface area contributed by atoms with Gasteiger partial charge < -0.3 is 9.84 Å². The summed E-state index contributed by atoms with van der Waals surface area (Å²) in [5.41, 5.74) is 0.498. The SMILES string of the molecule is COc1cc(C#N)cc(C#CC=O)c1O. The van der Waals surface area contributed by atoms with Crippen LogP contribution in [0.4, 0.5) is 0 Å². The predicted molar refractivity (Wildman–Crippen MR) is 52.3 cm³/mol. The van der Waals surface area contributed by atoms with Crippen molar-refractivity contribution in [2.45, 2.75) is 0 Å². The first kappa shape index (κ1) is 10.6. The van der Waals surface area contributed by atoms with E-state index < -0.39 is 0 Å². The number of nitrogens with zero attached hydrogens (tertiary/aromatic N) is 1. The molecular formula is C11H7NO3. The molecule has 15 heavy (non-hydrogen) atoms. The van der Waals surface area contributed by atoms with Gasteiger partial charge in [0.25, 0.3) is 0 Å². The summed E-state index contributed by atoms with van der Waals surface area (Å²) in [6, 6.07) is 4.67. The van der Waals surface area contributed by atoms with Crippen molar-refractivity contribution in [2.24, 2.45) is 0 Å². The number of carbonyl (C=O) groups excluding carboxylic acids is 1. The Morgan fingerprint density at radius 1 is 1.53 bits per heavy atom. The molecule has 1 N–H and O–H groups in total. The van der Waals surface area contributed by atoms with E-state index in [0.29, 0.717) is 11.8 Å². The van der Waals surface area contributed by atoms with Gasteiger partial charge in [0.15, 0.2) is 17.8 Å². The summed E-state index contributed by atoms with van der Waals surface area (Å²) < 4.78 is 4.85. The van der Waals surface area contributed by atoms with Crippen molar-refractivity contribution in [3.63, 3.8) is 0 Å². The van der Waals surface area contributed by atoms with E-state index in [1.807, 2.05) is 6.07 Å². The fraction of sp³-hybridized carbons (Fsp3) is 0.0909. The Morgan fingerprint density at radius 2 is 2.27 bits per heavy atom. The van der Waals surface area contributed by atoms with Gasteiger partial charge in [-0.15, -0.1) is 0 Å². The highest BCUT2D eigenvalue weighted by atomic mass is 16.5. The lowest BCUT2D eigenvalue weighted by Crippen LogP contribution is -1.88. The zero-order valence-corrected chi connectivity index (χ0v) is 7.94. The Morgan fingerprint density at radius 3 is 2.80 bits per heavy atom. The van der Waals surface area contributed by atoms with Crippen molar-refractivity contribution >= 4 is 6.29 Å². The molecule has 0 aliphatic carbocycles. The van der Waals surface area contributed by atoms with E-state index in [9.17, 15) is 9.90 Å². The lowest BCUT2D eigenvalue weighted by Gasteiger charge is -2.05. The lowest BCUT2D eigenvalue weighted by atomic mass is 10.1. The Labute approximate surface area is 86.7 Å². The molecule has 1 aromatic carbocycles. The molecule has 0 bridgehead atoms. The van der Waals surface area contributed by atoms with Crippen LogP contribution in [-0.2, 0) is 4.79 Å². The molecule has 0 radical (unpaired) electrons. The quantitative estimate of drug-likeness (QED) is 0.539. The van der Waals surface area contributed by atoms with Crippen molar-refractivity contribution in [2.75, 3.05) is 7.11 Å². The van der Waals surface area contributed by atoms with Crippen LogP contribution >= 0.6 is 0 Å². The summed E-state index contributed by atoms with van der Waals surface area (Å²) in [6.45, 7) is 0. The van der Waals surface area contributed by atoms with Gasteiger partial charge in [-0.1, -0.05) is 5.92 Å². The van der Waals surface area contributed by atoms with Crippen molar-refractivity contribution in [1.82, 2.24) is 0 Å². The average Bonchev–Trinajstić information content (AvgIpc) is 2.27. The third kappa shape index (κ3) is 2.26. The maximum atomic E-state index is 10.0. The highest BCUT2D eigenvalue weighted by Crippen LogP contribution is 2.30. The molecule has 0 aliphatic heterocycles. The normalized spacial score (nSPS) is 8.27. The van der Waals surface area contributed by atoms with Gasteiger partial charge in [-0.25, -0.2) is 0 Å². The number of nitriles is 1. The van der Waals surface area contributed by atoms with E-state index in [-0.39, 0.29) is 17.1 Å². The Bertz CT molecular complexity index is 489. The molecule has 0 unspecified atom stereocenters. The largest absolute Gasteiger partial charge is 0.503 e. The predicted octanol–water partition coefficient (Wildman–Crippen LogP) is 0.823. The summed E-state index contributed by atoms with van der Waals surface area (Å²) in [6.07, 6.45) is 0.408. The van der Waals surface area contributed by atoms with Gasteiger partial charge in [-0.05, 0) is 12.0 Å². The average molecular weight is 201 g/mol. The minimum Gasteiger partial charge on any atom is -0.503 e. The number of rotatable bonds is 1. The molecule has 4 heteroatoms. The Kier molecular flexibility index (Phi) is 3.32. The first-order valence-electron chi connectivity index (χ1n) is 3.99. The van der Waals surface area contributed by atoms with Gasteiger partial charge >= 0.3 is 0 Å². The number of ether oxygens (including phenoxy) is 1. The van der Waals surface area contributed by atoms with E-state index in [4.69, 9.17) is 10.00 Å². The lowest BCUT2D eigenvalue weighted by molar-refractivity contribution is -0.103. The second-order valence-electron chi connectivity index (χ2n) is 2.57. The maximum absolute atomic E-state index is 10.0. The Hall–Kier alpha value is -2.46. The fourth-order valence-corrected chi connectivity index (χ4v) is 1.03. The van der Waals surface area contributed by atoms with Gasteiger partial charge in [0, 0.05) is 6.07 Å². The number of phenols is 1. The van der Waals surface area contributed by atoms with Crippen LogP contribution in [0, 0.1) is 23.2 Å². The van der Waals surface area contributed by atoms with Crippen LogP contribution in [0.1, 0.15) is 11.1 Å². The molecule has 0 fully saturated rings. The third-order valence-electron chi connectivity index (χ3n) is 1.69. The summed E-state index contributed by atoms with van der Waals surface area (Å²) >= 11 is 0. The van der Waals surface area contributed by atoms with Gasteiger partial charge in [0.1, 0.15) is 0 Å². The highest BCUT2D eigenvalue weighted by Gasteiger charge is 2.08. The number of benzene rings is 1. The zero-order chi connectivity index (χ0) is 11.3. The van der Waals surface area contributed by atoms with Crippen LogP contribution in [0.5, 0.6) is 11.5 Å². The highest BCUT2D eigenvalue weighted by molar-refractivity contribution is 5.75. The summed E-state index contributed by atoms with van der Waals surface area (Å²) in [5.74, 6) is 4.55. The van der Waals surface area contributed by atoms with Crippen LogP contribution < -0.4 is 4.74 Å². The van der Waals surface area contributed by atoms with Crippen molar-refractivity contribution in [3.05, 3.63) is 23.3 Å². The molecule has 0 heterocycles. The van der Waals surface area contributed by atoms with Crippen LogP contribution in [0.2, 0.25) is 0 Å². The topological polar surface area (TPSA) is 70.3 Å². The zero-order valence-electron chi connectivity index (χ0n) is 7.94. The fourth-order valence-electron chi connectivity index (χ4n) is 1.03. The standard InChI is InChI=1S/C11H7NO3/c1-15-10-6-8(7-12)5-9(11(10)14)3-2-4-13/h4-6,14H,1H3. The van der Waals surface area contributed by atoms with E-state index in [1.165, 1.54) is 19.2 Å². The van der Waals surface area contributed by atoms with Crippen molar-refractivity contribution in [3.8, 4) is 29.4 Å². The van der Waals surface area contributed by atoms with Gasteiger partial charge in [-0.3, -0.25) is 4.79 Å². The first-order valence-corrected chi connectivity index (χ1v) is 3.99. The second kappa shape index (κ2) is 4.69. The van der Waals surface area contributed by atoms with E-state index >= 15 is 0 Å². The first-order chi connectivity index (χ1) is 7.22. The maximum Gasteiger partial charge on any atom is 0.193 e. The van der Waals surface area contributed by atoms with Crippen molar-refractivity contribution < 1.29 is 14.6 Å². The molecule has 74 valence electrons. The number of carbonyl (C=O) groups is 1. The molecule has 1 aromatic rings. The van der Waals surface area contributed by atoms with E-state index in [1.54, 1.807) is 0 Å². The minimum absolute atomic E-state index is 0.157. The second-order valence-corrected chi connectivity index (χ2v) is 2.57. The minimum atomic E-state index is -0.175. The van der Waals surface area contributed by atoms with Crippen LogP contribution in [0.25, 0.3) is 0 Å². The molecule has 0 saturated carbocycles. The molecule has 0 saturated heterocycles. The number of hydrogen-bond donors (Lipinski definition) is 1. The Balaban J connectivity index is 3.38. The number of aromatic hydroxyl groups is 1. The van der Waals surface area contributed by atoms with Crippen LogP contribution in [0.15, 0.2) is 12.1 Å². The third-order valence-corrected chi connectivity index (χ3v) is 1.69. The molecule has 0 spiro atoms. The molecule has 0 aliphatic rings. The molecule has 1 rings (SSSR count). The number of aldehydes is 1. The van der Waals surface area contributed by atoms with Crippen molar-refractivity contribution in [1.29, 1.82) is 5.26 Å². The number of phenolic OH excluding ortho intramolecular Hbond substituents is 1. The molecule has 0 amide bonds. The van der Waals surface area contributed by atoms with E-state index in [0.717, 1.165) is 0 Å². The summed E-state index contributed by atoms with van der Waals surface area (Å²) in [5, 5.41) is 18.3. The van der Waals surface area contributed by atoms with Crippen LogP contribution in [-0.4, -0.2) is 18.5 Å². The summed E-state index contributed by atoms with van der Waals surface area (Å²) in [7, 11) is 1.37. The molecule has 0 aromatic heterocycles. The number of hydrogen-bond acceptors (Lipinski definition) is 4. The monoisotopic (exact) mass is 201 g/mol. The molecule has 4 nitrogen and oxygen atoms in total. The smallest absolute Gasteiger partial charge is 0.193 e. The molecular weight excluding hydrogens is 194 g/mol. The van der Waals surface area contributed by atoms with Gasteiger partial charge in [-0.2, -0.15) is 5.26 Å². The number of methoxy groups -OCH3 is 1. The summed E-state index contributed by atoms with van der Waals surface area (Å²) in [4.78, 5) is 10.0. The van der Waals surface area contributed by atoms with Gasteiger partial charge in [0.2, 0.25) is 0 Å². The van der Waals surface area contributed by atoms with Gasteiger partial charge in [0.05, 0.1) is 24.3 Å². The van der Waals surface area contributed by atoms with Crippen LogP contribution in [0.3, 0.4) is 0 Å². The van der Waals surface area contributed by atoms with E-state index in [2.05, 4.69) is 11.8 Å².